The lowest BCUT2D eigenvalue weighted by molar-refractivity contribution is 0.242. The molecule has 0 bridgehead atoms. The molecule has 0 aliphatic carbocycles. The molecule has 0 fully saturated rings. The van der Waals surface area contributed by atoms with Gasteiger partial charge >= 0.3 is 0 Å². The molecule has 3 rings (SSSR count). The van der Waals surface area contributed by atoms with Crippen LogP contribution in [0, 0.1) is 6.92 Å². The van der Waals surface area contributed by atoms with Crippen molar-refractivity contribution in [1.82, 2.24) is 14.8 Å². The van der Waals surface area contributed by atoms with E-state index in [1.807, 2.05) is 39.0 Å². The van der Waals surface area contributed by atoms with Crippen molar-refractivity contribution < 1.29 is 11.6 Å². The van der Waals surface area contributed by atoms with Gasteiger partial charge < -0.3 is 10.1 Å². The van der Waals surface area contributed by atoms with E-state index in [1.165, 1.54) is 11.0 Å². The molecule has 0 saturated heterocycles. The minimum Gasteiger partial charge on any atom is -0.491 e. The van der Waals surface area contributed by atoms with E-state index in [1.54, 1.807) is 0 Å². The molecule has 23 heavy (non-hydrogen) atoms. The van der Waals surface area contributed by atoms with Gasteiger partial charge in [-0.1, -0.05) is 18.1 Å². The van der Waals surface area contributed by atoms with Crippen LogP contribution in [0.2, 0.25) is 0 Å². The SMILES string of the molecule is [2H]c1c([2H])c([2H])c(-n2cnc(Nc3cc(C)cc(OC(C)C)c3)n2)c([2H])c1[2H]. The van der Waals surface area contributed by atoms with Gasteiger partial charge in [-0.2, -0.15) is 4.98 Å². The Balaban J connectivity index is 1.94. The highest BCUT2D eigenvalue weighted by Crippen LogP contribution is 2.23. The van der Waals surface area contributed by atoms with Crippen molar-refractivity contribution in [1.29, 1.82) is 0 Å². The molecule has 0 atom stereocenters. The Bertz CT molecular complexity index is 1010. The highest BCUT2D eigenvalue weighted by Gasteiger charge is 2.06. The second-order valence-corrected chi connectivity index (χ2v) is 5.31. The largest absolute Gasteiger partial charge is 0.491 e. The van der Waals surface area contributed by atoms with Crippen LogP contribution in [0.1, 0.15) is 26.3 Å². The maximum atomic E-state index is 8.03. The zero-order valence-corrected chi connectivity index (χ0v) is 13.1. The number of anilines is 2. The topological polar surface area (TPSA) is 52.0 Å². The lowest BCUT2D eigenvalue weighted by atomic mass is 10.2. The fraction of sp³-hybridized carbons (Fsp3) is 0.222. The number of rotatable bonds is 5. The highest BCUT2D eigenvalue weighted by molar-refractivity contribution is 5.57. The number of aryl methyl sites for hydroxylation is 1. The Labute approximate surface area is 143 Å². The summed E-state index contributed by atoms with van der Waals surface area (Å²) in [6.07, 6.45) is 1.34. The zero-order chi connectivity index (χ0) is 20.6. The Morgan fingerprint density at radius 3 is 2.70 bits per heavy atom. The van der Waals surface area contributed by atoms with Crippen LogP contribution >= 0.6 is 0 Å². The molecule has 0 aliphatic heterocycles. The predicted molar refractivity (Wildman–Crippen MR) is 91.6 cm³/mol. The zero-order valence-electron chi connectivity index (χ0n) is 18.1. The normalized spacial score (nSPS) is 13.8. The summed E-state index contributed by atoms with van der Waals surface area (Å²) in [4.78, 5) is 4.14. The summed E-state index contributed by atoms with van der Waals surface area (Å²) in [5.74, 6) is 0.940. The molecule has 2 aromatic carbocycles. The maximum absolute atomic E-state index is 8.03. The molecule has 1 heterocycles. The standard InChI is InChI=1S/C18H20N4O/c1-13(2)23-17-10-14(3)9-15(11-17)20-18-19-12-22(21-18)16-7-5-4-6-8-16/h4-13H,1-3H3,(H,20,21)/i4D,5D,6D,7D,8D. The average molecular weight is 313 g/mol. The summed E-state index contributed by atoms with van der Waals surface area (Å²) in [5.41, 5.74) is 1.65. The van der Waals surface area contributed by atoms with Crippen LogP contribution in [-0.4, -0.2) is 20.9 Å². The Hall–Kier alpha value is -2.82. The van der Waals surface area contributed by atoms with Crippen molar-refractivity contribution >= 4 is 11.6 Å². The summed E-state index contributed by atoms with van der Waals surface area (Å²) in [6.45, 7) is 5.83. The number of benzene rings is 2. The summed E-state index contributed by atoms with van der Waals surface area (Å²) in [6, 6.07) is 3.66. The fourth-order valence-corrected chi connectivity index (χ4v) is 2.08. The van der Waals surface area contributed by atoms with Gasteiger partial charge in [-0.25, -0.2) is 4.68 Å². The molecule has 5 heteroatoms. The van der Waals surface area contributed by atoms with Gasteiger partial charge in [0.1, 0.15) is 12.1 Å². The fourth-order valence-electron chi connectivity index (χ4n) is 2.08. The molecule has 0 aliphatic rings. The molecular formula is C18H20N4O. The Morgan fingerprint density at radius 2 is 1.96 bits per heavy atom. The van der Waals surface area contributed by atoms with Gasteiger partial charge in [-0.3, -0.25) is 0 Å². The van der Waals surface area contributed by atoms with Crippen LogP contribution in [0.5, 0.6) is 5.75 Å². The first kappa shape index (κ1) is 10.0. The second kappa shape index (κ2) is 6.52. The number of hydrogen-bond donors (Lipinski definition) is 1. The molecule has 0 spiro atoms. The van der Waals surface area contributed by atoms with Gasteiger partial charge in [0.2, 0.25) is 5.95 Å². The van der Waals surface area contributed by atoms with Crippen LogP contribution in [0.15, 0.2) is 54.7 Å². The number of hydrogen-bond acceptors (Lipinski definition) is 4. The first-order valence-electron chi connectivity index (χ1n) is 9.71. The molecule has 0 unspecified atom stereocenters. The van der Waals surface area contributed by atoms with Crippen LogP contribution < -0.4 is 10.1 Å². The van der Waals surface area contributed by atoms with Gasteiger partial charge in [-0.15, -0.1) is 5.10 Å². The molecule has 0 amide bonds. The van der Waals surface area contributed by atoms with Gasteiger partial charge in [0.25, 0.3) is 0 Å². The number of ether oxygens (including phenoxy) is 1. The maximum Gasteiger partial charge on any atom is 0.246 e. The highest BCUT2D eigenvalue weighted by atomic mass is 16.5. The van der Waals surface area contributed by atoms with E-state index in [0.717, 1.165) is 11.3 Å². The first-order chi connectivity index (χ1) is 13.2. The van der Waals surface area contributed by atoms with E-state index >= 15 is 0 Å². The van der Waals surface area contributed by atoms with Crippen LogP contribution in [0.3, 0.4) is 0 Å². The number of aromatic nitrogens is 3. The third kappa shape index (κ3) is 3.88. The lowest BCUT2D eigenvalue weighted by Crippen LogP contribution is -2.06. The van der Waals surface area contributed by atoms with Gasteiger partial charge in [-0.05, 0) is 50.6 Å². The van der Waals surface area contributed by atoms with Crippen LogP contribution in [0.4, 0.5) is 11.6 Å². The Morgan fingerprint density at radius 1 is 1.17 bits per heavy atom. The van der Waals surface area contributed by atoms with Crippen molar-refractivity contribution in [2.45, 2.75) is 26.9 Å². The summed E-state index contributed by atoms with van der Waals surface area (Å²) < 4.78 is 46.2. The molecule has 5 nitrogen and oxygen atoms in total. The number of nitrogens with one attached hydrogen (secondary N) is 1. The molecule has 1 aromatic heterocycles. The molecule has 1 N–H and O–H groups in total. The van der Waals surface area contributed by atoms with Crippen LogP contribution in [0.25, 0.3) is 5.69 Å². The molecule has 0 saturated carbocycles. The van der Waals surface area contributed by atoms with Crippen molar-refractivity contribution in [3.8, 4) is 11.4 Å². The van der Waals surface area contributed by atoms with Crippen molar-refractivity contribution in [2.24, 2.45) is 0 Å². The molecular weight excluding hydrogens is 288 g/mol. The summed E-state index contributed by atoms with van der Waals surface area (Å²) >= 11 is 0. The minimum absolute atomic E-state index is 0.0380. The number of nitrogens with zero attached hydrogens (tertiary/aromatic N) is 3. The van der Waals surface area contributed by atoms with Crippen molar-refractivity contribution in [3.05, 3.63) is 60.3 Å². The van der Waals surface area contributed by atoms with E-state index in [9.17, 15) is 0 Å². The third-order valence-electron chi connectivity index (χ3n) is 2.89. The molecule has 3 aromatic rings. The van der Waals surface area contributed by atoms with E-state index in [2.05, 4.69) is 15.4 Å². The first-order valence-corrected chi connectivity index (χ1v) is 7.21. The van der Waals surface area contributed by atoms with E-state index in [0.29, 0.717) is 5.75 Å². The number of para-hydroxylation sites is 1. The van der Waals surface area contributed by atoms with Gasteiger partial charge in [0, 0.05) is 11.8 Å². The van der Waals surface area contributed by atoms with E-state index in [4.69, 9.17) is 11.6 Å². The molecule has 118 valence electrons. The van der Waals surface area contributed by atoms with Gasteiger partial charge in [0.05, 0.1) is 18.6 Å². The van der Waals surface area contributed by atoms with E-state index < -0.39 is 18.1 Å². The predicted octanol–water partition coefficient (Wildman–Crippen LogP) is 4.11. The average Bonchev–Trinajstić information content (AvgIpc) is 3.05. The quantitative estimate of drug-likeness (QED) is 0.770. The Kier molecular flexibility index (Phi) is 2.85. The third-order valence-corrected chi connectivity index (χ3v) is 2.89. The second-order valence-electron chi connectivity index (χ2n) is 5.31. The summed E-state index contributed by atoms with van der Waals surface area (Å²) in [5, 5.41) is 7.27. The summed E-state index contributed by atoms with van der Waals surface area (Å²) in [7, 11) is 0. The lowest BCUT2D eigenvalue weighted by Gasteiger charge is -2.12. The van der Waals surface area contributed by atoms with Crippen molar-refractivity contribution in [3.63, 3.8) is 0 Å². The monoisotopic (exact) mass is 313 g/mol. The molecule has 0 radical (unpaired) electrons. The van der Waals surface area contributed by atoms with Crippen LogP contribution in [-0.2, 0) is 0 Å². The van der Waals surface area contributed by atoms with Crippen molar-refractivity contribution in [2.75, 3.05) is 5.32 Å². The minimum atomic E-state index is -0.449. The smallest absolute Gasteiger partial charge is 0.246 e. The van der Waals surface area contributed by atoms with E-state index in [-0.39, 0.29) is 29.8 Å². The van der Waals surface area contributed by atoms with Gasteiger partial charge in [0.15, 0.2) is 0 Å².